The Bertz CT molecular complexity index is 344. The monoisotopic (exact) mass is 162 g/mol. The lowest BCUT2D eigenvalue weighted by Gasteiger charge is -1.92. The number of allylic oxidation sites excluding steroid dienone is 2. The quantitative estimate of drug-likeness (QED) is 0.634. The van der Waals surface area contributed by atoms with Gasteiger partial charge in [-0.05, 0) is 25.0 Å². The fourth-order valence-electron chi connectivity index (χ4n) is 1.41. The summed E-state index contributed by atoms with van der Waals surface area (Å²) in [6, 6.07) is 1.90. The van der Waals surface area contributed by atoms with Crippen LogP contribution >= 0.6 is 0 Å². The molecule has 0 N–H and O–H groups in total. The van der Waals surface area contributed by atoms with Gasteiger partial charge in [-0.15, -0.1) is 0 Å². The van der Waals surface area contributed by atoms with E-state index >= 15 is 0 Å². The van der Waals surface area contributed by atoms with E-state index < -0.39 is 0 Å². The van der Waals surface area contributed by atoms with Crippen LogP contribution in [0, 0.1) is 6.92 Å². The standard InChI is InChI=1S/C10H10O2/c1-7-5-10(12-6-7)8-3-2-4-9(8)11/h3,5-6H,2,4H2,1H3. The number of Topliss-reactive ketones (excluding diaryl/α,β-unsaturated/α-hetero) is 1. The Morgan fingerprint density at radius 3 is 2.83 bits per heavy atom. The third kappa shape index (κ3) is 1.09. The van der Waals surface area contributed by atoms with Gasteiger partial charge in [-0.1, -0.05) is 6.08 Å². The summed E-state index contributed by atoms with van der Waals surface area (Å²) in [5, 5.41) is 0. The minimum absolute atomic E-state index is 0.198. The highest BCUT2D eigenvalue weighted by atomic mass is 16.3. The Balaban J connectivity index is 2.37. The fourth-order valence-corrected chi connectivity index (χ4v) is 1.41. The van der Waals surface area contributed by atoms with Gasteiger partial charge in [0, 0.05) is 6.42 Å². The van der Waals surface area contributed by atoms with Gasteiger partial charge in [0.2, 0.25) is 0 Å². The molecule has 0 spiro atoms. The van der Waals surface area contributed by atoms with Crippen molar-refractivity contribution in [3.8, 4) is 0 Å². The van der Waals surface area contributed by atoms with Gasteiger partial charge in [0.1, 0.15) is 5.76 Å². The Kier molecular flexibility index (Phi) is 1.61. The zero-order chi connectivity index (χ0) is 8.55. The van der Waals surface area contributed by atoms with Crippen molar-refractivity contribution in [3.63, 3.8) is 0 Å². The molecule has 0 fully saturated rings. The summed E-state index contributed by atoms with van der Waals surface area (Å²) >= 11 is 0. The highest BCUT2D eigenvalue weighted by Crippen LogP contribution is 2.25. The molecule has 0 amide bonds. The highest BCUT2D eigenvalue weighted by molar-refractivity contribution is 6.21. The number of rotatable bonds is 1. The first-order valence-corrected chi connectivity index (χ1v) is 4.06. The molecule has 2 heteroatoms. The summed E-state index contributed by atoms with van der Waals surface area (Å²) in [4.78, 5) is 11.3. The number of hydrogen-bond donors (Lipinski definition) is 0. The first-order valence-electron chi connectivity index (χ1n) is 4.06. The van der Waals surface area contributed by atoms with E-state index in [0.29, 0.717) is 6.42 Å². The van der Waals surface area contributed by atoms with E-state index in [1.54, 1.807) is 6.26 Å². The lowest BCUT2D eigenvalue weighted by atomic mass is 10.1. The van der Waals surface area contributed by atoms with Crippen LogP contribution in [0.25, 0.3) is 5.57 Å². The normalized spacial score (nSPS) is 16.8. The molecule has 1 aromatic rings. The van der Waals surface area contributed by atoms with Crippen LogP contribution in [0.5, 0.6) is 0 Å². The van der Waals surface area contributed by atoms with Gasteiger partial charge in [0.05, 0.1) is 11.8 Å². The van der Waals surface area contributed by atoms with Gasteiger partial charge in [-0.3, -0.25) is 4.79 Å². The molecule has 0 bridgehead atoms. The summed E-state index contributed by atoms with van der Waals surface area (Å²) in [5.74, 6) is 0.916. The largest absolute Gasteiger partial charge is 0.464 e. The molecule has 0 unspecified atom stereocenters. The molecule has 2 nitrogen and oxygen atoms in total. The molecular weight excluding hydrogens is 152 g/mol. The predicted molar refractivity (Wildman–Crippen MR) is 45.7 cm³/mol. The number of ketones is 1. The van der Waals surface area contributed by atoms with Crippen LogP contribution < -0.4 is 0 Å². The average molecular weight is 162 g/mol. The van der Waals surface area contributed by atoms with Gasteiger partial charge >= 0.3 is 0 Å². The van der Waals surface area contributed by atoms with Gasteiger partial charge in [0.15, 0.2) is 5.78 Å². The van der Waals surface area contributed by atoms with E-state index in [1.165, 1.54) is 0 Å². The first kappa shape index (κ1) is 7.35. The number of carbonyl (C=O) groups excluding carboxylic acids is 1. The summed E-state index contributed by atoms with van der Waals surface area (Å²) in [6.45, 7) is 1.95. The van der Waals surface area contributed by atoms with Crippen molar-refractivity contribution < 1.29 is 9.21 Å². The maximum Gasteiger partial charge on any atom is 0.166 e. The van der Waals surface area contributed by atoms with Crippen LogP contribution in [0.2, 0.25) is 0 Å². The fraction of sp³-hybridized carbons (Fsp3) is 0.300. The highest BCUT2D eigenvalue weighted by Gasteiger charge is 2.18. The van der Waals surface area contributed by atoms with Crippen molar-refractivity contribution in [2.75, 3.05) is 0 Å². The predicted octanol–water partition coefficient (Wildman–Crippen LogP) is 2.33. The van der Waals surface area contributed by atoms with E-state index in [0.717, 1.165) is 23.3 Å². The number of aryl methyl sites for hydroxylation is 1. The zero-order valence-corrected chi connectivity index (χ0v) is 6.96. The number of hydrogen-bond acceptors (Lipinski definition) is 2. The van der Waals surface area contributed by atoms with Crippen molar-refractivity contribution in [2.24, 2.45) is 0 Å². The van der Waals surface area contributed by atoms with Crippen LogP contribution in [0.4, 0.5) is 0 Å². The van der Waals surface area contributed by atoms with Crippen molar-refractivity contribution in [1.82, 2.24) is 0 Å². The van der Waals surface area contributed by atoms with E-state index in [1.807, 2.05) is 19.1 Å². The Morgan fingerprint density at radius 1 is 1.50 bits per heavy atom. The smallest absolute Gasteiger partial charge is 0.166 e. The summed E-state index contributed by atoms with van der Waals surface area (Å²) in [7, 11) is 0. The van der Waals surface area contributed by atoms with Gasteiger partial charge < -0.3 is 4.42 Å². The third-order valence-corrected chi connectivity index (χ3v) is 2.02. The molecule has 0 radical (unpaired) electrons. The minimum Gasteiger partial charge on any atom is -0.464 e. The maximum absolute atomic E-state index is 11.3. The second-order valence-electron chi connectivity index (χ2n) is 3.07. The molecule has 0 aliphatic heterocycles. The molecule has 12 heavy (non-hydrogen) atoms. The number of carbonyl (C=O) groups is 1. The van der Waals surface area contributed by atoms with Gasteiger partial charge in [0.25, 0.3) is 0 Å². The van der Waals surface area contributed by atoms with Crippen LogP contribution in [0.3, 0.4) is 0 Å². The Morgan fingerprint density at radius 2 is 2.33 bits per heavy atom. The second-order valence-corrected chi connectivity index (χ2v) is 3.07. The van der Waals surface area contributed by atoms with Crippen LogP contribution in [0.1, 0.15) is 24.2 Å². The molecule has 1 aliphatic carbocycles. The summed E-state index contributed by atoms with van der Waals surface area (Å²) in [6.07, 6.45) is 5.10. The molecule has 0 aromatic carbocycles. The second kappa shape index (κ2) is 2.63. The van der Waals surface area contributed by atoms with Crippen LogP contribution in [-0.2, 0) is 4.79 Å². The molecule has 2 rings (SSSR count). The number of furan rings is 1. The topological polar surface area (TPSA) is 30.2 Å². The summed E-state index contributed by atoms with van der Waals surface area (Å²) in [5.41, 5.74) is 1.81. The molecule has 0 atom stereocenters. The molecule has 1 aromatic heterocycles. The maximum atomic E-state index is 11.3. The van der Waals surface area contributed by atoms with E-state index in [4.69, 9.17) is 4.42 Å². The van der Waals surface area contributed by atoms with E-state index in [-0.39, 0.29) is 5.78 Å². The van der Waals surface area contributed by atoms with Crippen molar-refractivity contribution >= 4 is 11.4 Å². The van der Waals surface area contributed by atoms with Gasteiger partial charge in [-0.2, -0.15) is 0 Å². The van der Waals surface area contributed by atoms with Crippen molar-refractivity contribution in [2.45, 2.75) is 19.8 Å². The van der Waals surface area contributed by atoms with E-state index in [9.17, 15) is 4.79 Å². The first-order chi connectivity index (χ1) is 5.77. The average Bonchev–Trinajstić information content (AvgIpc) is 2.58. The van der Waals surface area contributed by atoms with Crippen LogP contribution in [-0.4, -0.2) is 5.78 Å². The minimum atomic E-state index is 0.198. The third-order valence-electron chi connectivity index (χ3n) is 2.02. The zero-order valence-electron chi connectivity index (χ0n) is 6.96. The van der Waals surface area contributed by atoms with Crippen molar-refractivity contribution in [1.29, 1.82) is 0 Å². The lowest BCUT2D eigenvalue weighted by Crippen LogP contribution is -1.92. The molecule has 1 aliphatic rings. The Labute approximate surface area is 70.9 Å². The molecule has 62 valence electrons. The van der Waals surface area contributed by atoms with Crippen LogP contribution in [0.15, 0.2) is 22.8 Å². The van der Waals surface area contributed by atoms with Gasteiger partial charge in [-0.25, -0.2) is 0 Å². The SMILES string of the molecule is Cc1coc(C2=CCCC2=O)c1. The van der Waals surface area contributed by atoms with E-state index in [2.05, 4.69) is 0 Å². The molecule has 0 saturated carbocycles. The summed E-state index contributed by atoms with van der Waals surface area (Å²) < 4.78 is 5.23. The Hall–Kier alpha value is -1.31. The molecule has 0 saturated heterocycles. The van der Waals surface area contributed by atoms with Crippen molar-refractivity contribution in [3.05, 3.63) is 29.7 Å². The molecular formula is C10H10O2. The molecule has 1 heterocycles. The lowest BCUT2D eigenvalue weighted by molar-refractivity contribution is -0.113.